The highest BCUT2D eigenvalue weighted by Gasteiger charge is 2.25. The van der Waals surface area contributed by atoms with E-state index in [4.69, 9.17) is 21.6 Å². The van der Waals surface area contributed by atoms with E-state index >= 15 is 0 Å². The molecule has 0 aromatic heterocycles. The zero-order chi connectivity index (χ0) is 17.5. The first-order valence-corrected chi connectivity index (χ1v) is 8.24. The van der Waals surface area contributed by atoms with E-state index in [2.05, 4.69) is 5.32 Å². The predicted octanol–water partition coefficient (Wildman–Crippen LogP) is 2.13. The summed E-state index contributed by atoms with van der Waals surface area (Å²) in [5, 5.41) is 12.1. The van der Waals surface area contributed by atoms with Crippen LogP contribution in [0.1, 0.15) is 26.2 Å². The van der Waals surface area contributed by atoms with Crippen LogP contribution in [-0.2, 0) is 9.59 Å². The van der Waals surface area contributed by atoms with Gasteiger partial charge in [0, 0.05) is 24.2 Å². The van der Waals surface area contributed by atoms with Gasteiger partial charge in [-0.1, -0.05) is 11.6 Å². The molecule has 0 aliphatic carbocycles. The molecule has 1 heterocycles. The monoisotopic (exact) mass is 349 g/mol. The average Bonchev–Trinajstić information content (AvgIpc) is 2.57. The number of ether oxygens (including phenoxy) is 1. The quantitative estimate of drug-likeness (QED) is 0.882. The van der Waals surface area contributed by atoms with Crippen LogP contribution < -0.4 is 10.1 Å². The number of nitrogens with one attached hydrogen (secondary N) is 1. The number of amides is 2. The number of rotatable bonds is 5. The molecule has 1 unspecified atom stereocenters. The lowest BCUT2D eigenvalue weighted by molar-refractivity contribution is -0.131. The minimum Gasteiger partial charge on any atom is -0.481 e. The second-order valence-electron chi connectivity index (χ2n) is 5.71. The Labute approximate surface area is 146 Å². The van der Waals surface area contributed by atoms with Crippen LogP contribution in [0.25, 0.3) is 0 Å². The van der Waals surface area contributed by atoms with Crippen molar-refractivity contribution in [2.75, 3.05) is 13.1 Å². The van der Waals surface area contributed by atoms with Gasteiger partial charge in [-0.25, -0.2) is 0 Å². The molecular formula is C17H20ClN3O3. The molecule has 0 saturated carbocycles. The van der Waals surface area contributed by atoms with E-state index in [1.54, 1.807) is 36.1 Å². The Bertz CT molecular complexity index is 619. The van der Waals surface area contributed by atoms with Gasteiger partial charge in [-0.05, 0) is 44.0 Å². The molecule has 2 amide bonds. The zero-order valence-corrected chi connectivity index (χ0v) is 14.3. The molecule has 1 aliphatic heterocycles. The van der Waals surface area contributed by atoms with Crippen LogP contribution in [0.2, 0.25) is 5.02 Å². The van der Waals surface area contributed by atoms with Crippen LogP contribution in [0.4, 0.5) is 0 Å². The van der Waals surface area contributed by atoms with Gasteiger partial charge < -0.3 is 15.0 Å². The summed E-state index contributed by atoms with van der Waals surface area (Å²) < 4.78 is 5.59. The van der Waals surface area contributed by atoms with Gasteiger partial charge in [-0.2, -0.15) is 5.26 Å². The number of hydrogen-bond acceptors (Lipinski definition) is 4. The summed E-state index contributed by atoms with van der Waals surface area (Å²) in [6, 6.07) is 8.71. The van der Waals surface area contributed by atoms with Crippen molar-refractivity contribution in [3.8, 4) is 11.8 Å². The van der Waals surface area contributed by atoms with Crippen molar-refractivity contribution >= 4 is 23.4 Å². The van der Waals surface area contributed by atoms with Crippen LogP contribution >= 0.6 is 11.6 Å². The van der Waals surface area contributed by atoms with Gasteiger partial charge in [0.25, 0.3) is 5.91 Å². The highest BCUT2D eigenvalue weighted by atomic mass is 35.5. The molecule has 1 aromatic rings. The molecule has 6 nitrogen and oxygen atoms in total. The molecule has 2 rings (SSSR count). The Kier molecular flexibility index (Phi) is 6.44. The van der Waals surface area contributed by atoms with Crippen LogP contribution in [0.3, 0.4) is 0 Å². The van der Waals surface area contributed by atoms with Crippen molar-refractivity contribution in [1.82, 2.24) is 10.2 Å². The third kappa shape index (κ3) is 5.14. The third-order valence-corrected chi connectivity index (χ3v) is 4.17. The smallest absolute Gasteiger partial charge is 0.260 e. The molecule has 24 heavy (non-hydrogen) atoms. The normalized spacial score (nSPS) is 16.1. The number of nitrogens with zero attached hydrogens (tertiary/aromatic N) is 2. The maximum absolute atomic E-state index is 12.2. The zero-order valence-electron chi connectivity index (χ0n) is 13.5. The van der Waals surface area contributed by atoms with Gasteiger partial charge in [0.05, 0.1) is 6.07 Å². The van der Waals surface area contributed by atoms with E-state index in [1.807, 2.05) is 6.07 Å². The lowest BCUT2D eigenvalue weighted by atomic mass is 10.0. The van der Waals surface area contributed by atoms with E-state index in [-0.39, 0.29) is 24.3 Å². The lowest BCUT2D eigenvalue weighted by Gasteiger charge is -2.32. The summed E-state index contributed by atoms with van der Waals surface area (Å²) >= 11 is 5.81. The fourth-order valence-corrected chi connectivity index (χ4v) is 2.67. The summed E-state index contributed by atoms with van der Waals surface area (Å²) in [7, 11) is 0. The van der Waals surface area contributed by atoms with Gasteiger partial charge in [0.2, 0.25) is 5.91 Å². The molecule has 1 fully saturated rings. The molecule has 0 spiro atoms. The molecule has 7 heteroatoms. The van der Waals surface area contributed by atoms with E-state index in [1.165, 1.54) is 0 Å². The standard InChI is InChI=1S/C17H20ClN3O3/c1-12(24-15-4-2-13(18)3-5-15)17(23)20-14-7-10-21(11-8-14)16(22)6-9-19/h2-5,12,14H,6-8,10-11H2,1H3,(H,20,23). The van der Waals surface area contributed by atoms with Gasteiger partial charge >= 0.3 is 0 Å². The molecule has 1 aromatic carbocycles. The van der Waals surface area contributed by atoms with Crippen molar-refractivity contribution < 1.29 is 14.3 Å². The topological polar surface area (TPSA) is 82.4 Å². The number of likely N-dealkylation sites (tertiary alicyclic amines) is 1. The summed E-state index contributed by atoms with van der Waals surface area (Å²) in [5.41, 5.74) is 0. The third-order valence-electron chi connectivity index (χ3n) is 3.92. The Morgan fingerprint density at radius 1 is 1.38 bits per heavy atom. The van der Waals surface area contributed by atoms with Gasteiger partial charge in [-0.15, -0.1) is 0 Å². The number of nitriles is 1. The molecule has 1 atom stereocenters. The SMILES string of the molecule is CC(Oc1ccc(Cl)cc1)C(=O)NC1CCN(C(=O)CC#N)CC1. The molecule has 1 saturated heterocycles. The maximum Gasteiger partial charge on any atom is 0.260 e. The number of carbonyl (C=O) groups excluding carboxylic acids is 2. The summed E-state index contributed by atoms with van der Waals surface area (Å²) in [6.07, 6.45) is 0.639. The first kappa shape index (κ1) is 18.1. The second kappa shape index (κ2) is 8.55. The van der Waals surface area contributed by atoms with Gasteiger partial charge in [-0.3, -0.25) is 9.59 Å². The van der Waals surface area contributed by atoms with Gasteiger partial charge in [0.15, 0.2) is 6.10 Å². The van der Waals surface area contributed by atoms with E-state index < -0.39 is 6.10 Å². The Hall–Kier alpha value is -2.26. The van der Waals surface area contributed by atoms with Crippen LogP contribution in [0.15, 0.2) is 24.3 Å². The Balaban J connectivity index is 1.77. The van der Waals surface area contributed by atoms with Crippen molar-refractivity contribution in [2.45, 2.75) is 38.3 Å². The number of piperidine rings is 1. The fourth-order valence-electron chi connectivity index (χ4n) is 2.54. The fraction of sp³-hybridized carbons (Fsp3) is 0.471. The Morgan fingerprint density at radius 2 is 2.00 bits per heavy atom. The minimum atomic E-state index is -0.621. The first-order chi connectivity index (χ1) is 11.5. The van der Waals surface area contributed by atoms with E-state index in [9.17, 15) is 9.59 Å². The van der Waals surface area contributed by atoms with E-state index in [0.29, 0.717) is 36.7 Å². The molecule has 1 aliphatic rings. The summed E-state index contributed by atoms with van der Waals surface area (Å²) in [6.45, 7) is 2.80. The number of carbonyl (C=O) groups is 2. The largest absolute Gasteiger partial charge is 0.481 e. The average molecular weight is 350 g/mol. The van der Waals surface area contributed by atoms with Crippen molar-refractivity contribution in [1.29, 1.82) is 5.26 Å². The number of benzene rings is 1. The van der Waals surface area contributed by atoms with Crippen LogP contribution in [0.5, 0.6) is 5.75 Å². The molecule has 0 bridgehead atoms. The lowest BCUT2D eigenvalue weighted by Crippen LogP contribution is -2.49. The molecule has 1 N–H and O–H groups in total. The van der Waals surface area contributed by atoms with Crippen molar-refractivity contribution in [3.63, 3.8) is 0 Å². The van der Waals surface area contributed by atoms with Crippen LogP contribution in [-0.4, -0.2) is 41.9 Å². The first-order valence-electron chi connectivity index (χ1n) is 7.87. The summed E-state index contributed by atoms with van der Waals surface area (Å²) in [4.78, 5) is 25.5. The highest BCUT2D eigenvalue weighted by molar-refractivity contribution is 6.30. The minimum absolute atomic E-state index is 0.0138. The maximum atomic E-state index is 12.2. The van der Waals surface area contributed by atoms with Crippen molar-refractivity contribution in [3.05, 3.63) is 29.3 Å². The predicted molar refractivity (Wildman–Crippen MR) is 89.5 cm³/mol. The van der Waals surface area contributed by atoms with Crippen molar-refractivity contribution in [2.24, 2.45) is 0 Å². The molecular weight excluding hydrogens is 330 g/mol. The molecule has 128 valence electrons. The second-order valence-corrected chi connectivity index (χ2v) is 6.15. The Morgan fingerprint density at radius 3 is 2.58 bits per heavy atom. The number of hydrogen-bond donors (Lipinski definition) is 1. The number of halogens is 1. The molecule has 0 radical (unpaired) electrons. The highest BCUT2D eigenvalue weighted by Crippen LogP contribution is 2.17. The van der Waals surface area contributed by atoms with E-state index in [0.717, 1.165) is 0 Å². The van der Waals surface area contributed by atoms with Crippen LogP contribution in [0, 0.1) is 11.3 Å². The van der Waals surface area contributed by atoms with Gasteiger partial charge in [0.1, 0.15) is 12.2 Å². The summed E-state index contributed by atoms with van der Waals surface area (Å²) in [5.74, 6) is 0.243.